The van der Waals surface area contributed by atoms with Crippen molar-refractivity contribution in [2.75, 3.05) is 26.7 Å². The molecule has 78 valence electrons. The summed E-state index contributed by atoms with van der Waals surface area (Å²) >= 11 is 3.38. The van der Waals surface area contributed by atoms with Gasteiger partial charge in [0.1, 0.15) is 12.4 Å². The third-order valence-electron chi connectivity index (χ3n) is 2.10. The Hall–Kier alpha value is -0.540. The van der Waals surface area contributed by atoms with E-state index < -0.39 is 0 Å². The summed E-state index contributed by atoms with van der Waals surface area (Å²) < 4.78 is 6.65. The quantitative estimate of drug-likeness (QED) is 0.805. The Morgan fingerprint density at radius 1 is 1.29 bits per heavy atom. The summed E-state index contributed by atoms with van der Waals surface area (Å²) in [5, 5.41) is 0. The zero-order chi connectivity index (χ0) is 10.4. The fourth-order valence-corrected chi connectivity index (χ4v) is 1.27. The van der Waals surface area contributed by atoms with Gasteiger partial charge in [-0.25, -0.2) is 0 Å². The Bertz CT molecular complexity index is 260. The first-order valence-electron chi connectivity index (χ1n) is 4.79. The highest BCUT2D eigenvalue weighted by Crippen LogP contribution is 2.15. The van der Waals surface area contributed by atoms with Crippen LogP contribution in [0.5, 0.6) is 5.75 Å². The number of benzene rings is 1. The Morgan fingerprint density at radius 2 is 1.93 bits per heavy atom. The summed E-state index contributed by atoms with van der Waals surface area (Å²) in [6.07, 6.45) is 0. The maximum atomic E-state index is 5.57. The van der Waals surface area contributed by atoms with E-state index in [1.165, 1.54) is 0 Å². The molecule has 0 aliphatic carbocycles. The lowest BCUT2D eigenvalue weighted by Gasteiger charge is -2.14. The Morgan fingerprint density at radius 3 is 2.50 bits per heavy atom. The molecule has 0 saturated heterocycles. The van der Waals surface area contributed by atoms with Gasteiger partial charge in [0.2, 0.25) is 0 Å². The van der Waals surface area contributed by atoms with Gasteiger partial charge in [0, 0.05) is 11.0 Å². The molecule has 0 spiro atoms. The number of nitrogens with zero attached hydrogens (tertiary/aromatic N) is 1. The van der Waals surface area contributed by atoms with Gasteiger partial charge in [-0.1, -0.05) is 22.9 Å². The van der Waals surface area contributed by atoms with Crippen molar-refractivity contribution in [1.82, 2.24) is 4.90 Å². The molecule has 0 saturated carbocycles. The lowest BCUT2D eigenvalue weighted by atomic mass is 10.3. The maximum absolute atomic E-state index is 5.57. The van der Waals surface area contributed by atoms with Gasteiger partial charge in [0.05, 0.1) is 0 Å². The molecule has 0 radical (unpaired) electrons. The molecule has 0 bridgehead atoms. The van der Waals surface area contributed by atoms with Crippen molar-refractivity contribution in [3.05, 3.63) is 28.7 Å². The molecule has 0 aliphatic rings. The third kappa shape index (κ3) is 4.11. The fraction of sp³-hybridized carbons (Fsp3) is 0.455. The summed E-state index contributed by atoms with van der Waals surface area (Å²) in [5.41, 5.74) is 0. The van der Waals surface area contributed by atoms with Crippen LogP contribution in [0.2, 0.25) is 0 Å². The van der Waals surface area contributed by atoms with E-state index >= 15 is 0 Å². The third-order valence-corrected chi connectivity index (χ3v) is 2.62. The Kier molecular flexibility index (Phi) is 4.98. The summed E-state index contributed by atoms with van der Waals surface area (Å²) in [7, 11) is 2.09. The SMILES string of the molecule is CCN(C)CCOc1ccc(Br)cc1. The van der Waals surface area contributed by atoms with Crippen LogP contribution in [-0.4, -0.2) is 31.6 Å². The summed E-state index contributed by atoms with van der Waals surface area (Å²) in [6.45, 7) is 4.90. The minimum atomic E-state index is 0.742. The second-order valence-electron chi connectivity index (χ2n) is 3.20. The zero-order valence-corrected chi connectivity index (χ0v) is 10.3. The van der Waals surface area contributed by atoms with E-state index in [1.54, 1.807) is 0 Å². The molecule has 0 unspecified atom stereocenters. The van der Waals surface area contributed by atoms with Crippen molar-refractivity contribution in [3.63, 3.8) is 0 Å². The van der Waals surface area contributed by atoms with Crippen LogP contribution in [0.15, 0.2) is 28.7 Å². The molecular formula is C11H16BrNO. The molecule has 2 nitrogen and oxygen atoms in total. The predicted octanol–water partition coefficient (Wildman–Crippen LogP) is 2.78. The number of ether oxygens (including phenoxy) is 1. The smallest absolute Gasteiger partial charge is 0.119 e. The van der Waals surface area contributed by atoms with Crippen molar-refractivity contribution in [2.24, 2.45) is 0 Å². The molecular weight excluding hydrogens is 242 g/mol. The van der Waals surface area contributed by atoms with E-state index in [9.17, 15) is 0 Å². The summed E-state index contributed by atoms with van der Waals surface area (Å²) in [6, 6.07) is 7.91. The second kappa shape index (κ2) is 6.04. The lowest BCUT2D eigenvalue weighted by molar-refractivity contribution is 0.244. The van der Waals surface area contributed by atoms with Crippen LogP contribution in [0.25, 0.3) is 0 Å². The molecule has 0 aliphatic heterocycles. The van der Waals surface area contributed by atoms with E-state index in [1.807, 2.05) is 24.3 Å². The van der Waals surface area contributed by atoms with Crippen molar-refractivity contribution < 1.29 is 4.74 Å². The molecule has 0 fully saturated rings. The molecule has 1 aromatic rings. The van der Waals surface area contributed by atoms with E-state index in [4.69, 9.17) is 4.74 Å². The molecule has 1 rings (SSSR count). The van der Waals surface area contributed by atoms with Crippen LogP contribution in [0, 0.1) is 0 Å². The normalized spacial score (nSPS) is 10.6. The minimum Gasteiger partial charge on any atom is -0.492 e. The first kappa shape index (κ1) is 11.5. The van der Waals surface area contributed by atoms with E-state index in [2.05, 4.69) is 34.8 Å². The number of likely N-dealkylation sites (N-methyl/N-ethyl adjacent to an activating group) is 1. The predicted molar refractivity (Wildman–Crippen MR) is 62.8 cm³/mol. The first-order valence-corrected chi connectivity index (χ1v) is 5.58. The number of hydrogen-bond donors (Lipinski definition) is 0. The van der Waals surface area contributed by atoms with Gasteiger partial charge in [0.25, 0.3) is 0 Å². The molecule has 0 amide bonds. The van der Waals surface area contributed by atoms with Gasteiger partial charge in [-0.2, -0.15) is 0 Å². The first-order chi connectivity index (χ1) is 6.72. The zero-order valence-electron chi connectivity index (χ0n) is 8.66. The highest BCUT2D eigenvalue weighted by Gasteiger charge is 1.96. The second-order valence-corrected chi connectivity index (χ2v) is 4.11. The van der Waals surface area contributed by atoms with Crippen LogP contribution in [0.4, 0.5) is 0 Å². The minimum absolute atomic E-state index is 0.742. The van der Waals surface area contributed by atoms with Gasteiger partial charge in [-0.05, 0) is 37.9 Å². The van der Waals surface area contributed by atoms with Gasteiger partial charge in [-0.15, -0.1) is 0 Å². The standard InChI is InChI=1S/C11H16BrNO/c1-3-13(2)8-9-14-11-6-4-10(12)5-7-11/h4-7H,3,8-9H2,1-2H3. The number of hydrogen-bond acceptors (Lipinski definition) is 2. The van der Waals surface area contributed by atoms with Crippen molar-refractivity contribution in [3.8, 4) is 5.75 Å². The van der Waals surface area contributed by atoms with Crippen LogP contribution >= 0.6 is 15.9 Å². The Labute approximate surface area is 94.0 Å². The highest BCUT2D eigenvalue weighted by molar-refractivity contribution is 9.10. The molecule has 0 atom stereocenters. The van der Waals surface area contributed by atoms with Crippen LogP contribution in [0.1, 0.15) is 6.92 Å². The average molecular weight is 258 g/mol. The molecule has 0 aromatic heterocycles. The van der Waals surface area contributed by atoms with Gasteiger partial charge in [-0.3, -0.25) is 0 Å². The van der Waals surface area contributed by atoms with Crippen LogP contribution in [-0.2, 0) is 0 Å². The van der Waals surface area contributed by atoms with Crippen LogP contribution < -0.4 is 4.74 Å². The molecule has 14 heavy (non-hydrogen) atoms. The molecule has 1 aromatic carbocycles. The van der Waals surface area contributed by atoms with Crippen molar-refractivity contribution in [1.29, 1.82) is 0 Å². The van der Waals surface area contributed by atoms with Gasteiger partial charge in [0.15, 0.2) is 0 Å². The van der Waals surface area contributed by atoms with E-state index in [0.717, 1.165) is 29.9 Å². The number of halogens is 1. The summed E-state index contributed by atoms with van der Waals surface area (Å²) in [4.78, 5) is 2.22. The molecule has 0 N–H and O–H groups in total. The topological polar surface area (TPSA) is 12.5 Å². The highest BCUT2D eigenvalue weighted by atomic mass is 79.9. The molecule has 0 heterocycles. The summed E-state index contributed by atoms with van der Waals surface area (Å²) in [5.74, 6) is 0.928. The van der Waals surface area contributed by atoms with E-state index in [0.29, 0.717) is 0 Å². The van der Waals surface area contributed by atoms with Crippen LogP contribution in [0.3, 0.4) is 0 Å². The molecule has 3 heteroatoms. The maximum Gasteiger partial charge on any atom is 0.119 e. The number of rotatable bonds is 5. The fourth-order valence-electron chi connectivity index (χ4n) is 1.01. The monoisotopic (exact) mass is 257 g/mol. The van der Waals surface area contributed by atoms with Crippen molar-refractivity contribution in [2.45, 2.75) is 6.92 Å². The van der Waals surface area contributed by atoms with Gasteiger partial charge < -0.3 is 9.64 Å². The largest absolute Gasteiger partial charge is 0.492 e. The van der Waals surface area contributed by atoms with Crippen molar-refractivity contribution >= 4 is 15.9 Å². The lowest BCUT2D eigenvalue weighted by Crippen LogP contribution is -2.23. The van der Waals surface area contributed by atoms with Gasteiger partial charge >= 0.3 is 0 Å². The average Bonchev–Trinajstić information content (AvgIpc) is 2.21. The Balaban J connectivity index is 2.28. The van der Waals surface area contributed by atoms with E-state index in [-0.39, 0.29) is 0 Å².